The second-order valence-electron chi connectivity index (χ2n) is 3.73. The lowest BCUT2D eigenvalue weighted by Crippen LogP contribution is -1.99. The minimum atomic E-state index is 0.111. The molecule has 2 N–H and O–H groups in total. The summed E-state index contributed by atoms with van der Waals surface area (Å²) in [6, 6.07) is 10.8. The third-order valence-electron chi connectivity index (χ3n) is 2.47. The predicted molar refractivity (Wildman–Crippen MR) is 79.6 cm³/mol. The Morgan fingerprint density at radius 3 is 2.61 bits per heavy atom. The van der Waals surface area contributed by atoms with Crippen LogP contribution in [0.1, 0.15) is 5.56 Å². The van der Waals surface area contributed by atoms with Gasteiger partial charge in [-0.2, -0.15) is 0 Å². The molecule has 2 nitrogen and oxygen atoms in total. The van der Waals surface area contributed by atoms with E-state index in [1.165, 1.54) is 0 Å². The Morgan fingerprint density at radius 1 is 1.11 bits per heavy atom. The third-order valence-corrected chi connectivity index (χ3v) is 3.99. The number of para-hydroxylation sites is 1. The molecule has 2 rings (SSSR count). The largest absolute Gasteiger partial charge is 0.506 e. The highest BCUT2D eigenvalue weighted by atomic mass is 79.9. The summed E-state index contributed by atoms with van der Waals surface area (Å²) >= 11 is 15.1. The minimum absolute atomic E-state index is 0.111. The topological polar surface area (TPSA) is 32.3 Å². The van der Waals surface area contributed by atoms with Crippen LogP contribution in [0.25, 0.3) is 0 Å². The normalized spacial score (nSPS) is 10.4. The van der Waals surface area contributed by atoms with Crippen molar-refractivity contribution >= 4 is 44.8 Å². The molecule has 0 unspecified atom stereocenters. The Hall–Kier alpha value is -0.900. The second kappa shape index (κ2) is 5.83. The number of nitrogens with one attached hydrogen (secondary N) is 1. The third kappa shape index (κ3) is 3.10. The maximum atomic E-state index is 9.77. The van der Waals surface area contributed by atoms with Gasteiger partial charge in [-0.1, -0.05) is 35.3 Å². The van der Waals surface area contributed by atoms with Gasteiger partial charge in [0.2, 0.25) is 0 Å². The lowest BCUT2D eigenvalue weighted by atomic mass is 10.2. The Bertz CT molecular complexity index is 575. The van der Waals surface area contributed by atoms with Gasteiger partial charge in [-0.05, 0) is 40.2 Å². The van der Waals surface area contributed by atoms with Crippen molar-refractivity contribution in [2.24, 2.45) is 0 Å². The fourth-order valence-corrected chi connectivity index (χ4v) is 2.20. The van der Waals surface area contributed by atoms with Crippen molar-refractivity contribution in [1.82, 2.24) is 0 Å². The van der Waals surface area contributed by atoms with Crippen LogP contribution in [0.4, 0.5) is 5.69 Å². The molecule has 0 spiro atoms. The zero-order valence-corrected chi connectivity index (χ0v) is 12.4. The minimum Gasteiger partial charge on any atom is -0.506 e. The van der Waals surface area contributed by atoms with E-state index < -0.39 is 0 Å². The fraction of sp³-hybridized carbons (Fsp3) is 0.0769. The van der Waals surface area contributed by atoms with Crippen LogP contribution in [0.5, 0.6) is 5.75 Å². The van der Waals surface area contributed by atoms with Crippen molar-refractivity contribution in [3.05, 3.63) is 56.5 Å². The highest BCUT2D eigenvalue weighted by molar-refractivity contribution is 9.10. The van der Waals surface area contributed by atoms with Crippen molar-refractivity contribution in [1.29, 1.82) is 0 Å². The molecule has 2 aromatic rings. The van der Waals surface area contributed by atoms with Gasteiger partial charge in [-0.15, -0.1) is 0 Å². The van der Waals surface area contributed by atoms with E-state index in [1.807, 2.05) is 18.2 Å². The first kappa shape index (κ1) is 13.5. The Morgan fingerprint density at radius 2 is 1.89 bits per heavy atom. The number of rotatable bonds is 3. The predicted octanol–water partition coefficient (Wildman–Crippen LogP) is 5.07. The lowest BCUT2D eigenvalue weighted by molar-refractivity contribution is 0.469. The van der Waals surface area contributed by atoms with Crippen LogP contribution >= 0.6 is 39.1 Å². The Kier molecular flexibility index (Phi) is 4.38. The smallest absolute Gasteiger partial charge is 0.139 e. The molecule has 0 aliphatic carbocycles. The first-order chi connectivity index (χ1) is 8.58. The first-order valence-corrected chi connectivity index (χ1v) is 6.78. The number of benzene rings is 2. The molecule has 0 bridgehead atoms. The van der Waals surface area contributed by atoms with Gasteiger partial charge in [0.1, 0.15) is 5.75 Å². The molecule has 0 saturated heterocycles. The summed E-state index contributed by atoms with van der Waals surface area (Å²) < 4.78 is 0.824. The molecule has 0 amide bonds. The number of halogens is 3. The van der Waals surface area contributed by atoms with E-state index in [4.69, 9.17) is 23.2 Å². The standard InChI is InChI=1S/C13H10BrCl2NO/c14-10-6-9(4-5-11(10)15)17-7-8-2-1-3-12(16)13(8)18/h1-6,17-18H,7H2. The monoisotopic (exact) mass is 345 g/mol. The highest BCUT2D eigenvalue weighted by Crippen LogP contribution is 2.29. The summed E-state index contributed by atoms with van der Waals surface area (Å²) in [4.78, 5) is 0. The zero-order chi connectivity index (χ0) is 13.1. The number of anilines is 1. The van der Waals surface area contributed by atoms with E-state index in [9.17, 15) is 5.11 Å². The molecule has 0 saturated carbocycles. The van der Waals surface area contributed by atoms with Crippen LogP contribution < -0.4 is 5.32 Å². The molecule has 0 radical (unpaired) electrons. The van der Waals surface area contributed by atoms with E-state index in [0.717, 1.165) is 15.7 Å². The summed E-state index contributed by atoms with van der Waals surface area (Å²) in [7, 11) is 0. The Balaban J connectivity index is 2.11. The van der Waals surface area contributed by atoms with Crippen molar-refractivity contribution in [2.45, 2.75) is 6.54 Å². The number of hydrogen-bond donors (Lipinski definition) is 2. The second-order valence-corrected chi connectivity index (χ2v) is 5.40. The van der Waals surface area contributed by atoms with Gasteiger partial charge in [0.05, 0.1) is 10.0 Å². The zero-order valence-electron chi connectivity index (χ0n) is 9.25. The van der Waals surface area contributed by atoms with Crippen LogP contribution in [0.15, 0.2) is 40.9 Å². The van der Waals surface area contributed by atoms with Crippen LogP contribution in [0.2, 0.25) is 10.0 Å². The van der Waals surface area contributed by atoms with Gasteiger partial charge in [-0.3, -0.25) is 0 Å². The Labute approximate surface area is 124 Å². The lowest BCUT2D eigenvalue weighted by Gasteiger charge is -2.09. The fourth-order valence-electron chi connectivity index (χ4n) is 1.51. The van der Waals surface area contributed by atoms with Gasteiger partial charge < -0.3 is 10.4 Å². The molecule has 18 heavy (non-hydrogen) atoms. The van der Waals surface area contributed by atoms with Crippen LogP contribution in [0, 0.1) is 0 Å². The van der Waals surface area contributed by atoms with Crippen LogP contribution in [0.3, 0.4) is 0 Å². The molecule has 94 valence electrons. The summed E-state index contributed by atoms with van der Waals surface area (Å²) in [5.41, 5.74) is 1.65. The maximum Gasteiger partial charge on any atom is 0.139 e. The number of phenols is 1. The summed E-state index contributed by atoms with van der Waals surface area (Å²) in [5, 5.41) is 14.0. The van der Waals surface area contributed by atoms with E-state index in [1.54, 1.807) is 18.2 Å². The average molecular weight is 347 g/mol. The van der Waals surface area contributed by atoms with Crippen molar-refractivity contribution in [2.75, 3.05) is 5.32 Å². The molecule has 0 aromatic heterocycles. The van der Waals surface area contributed by atoms with Crippen LogP contribution in [-0.2, 0) is 6.54 Å². The summed E-state index contributed by atoms with van der Waals surface area (Å²) in [6.07, 6.45) is 0. The molecule has 0 aliphatic heterocycles. The van der Waals surface area contributed by atoms with E-state index >= 15 is 0 Å². The van der Waals surface area contributed by atoms with Gasteiger partial charge in [0, 0.05) is 22.3 Å². The van der Waals surface area contributed by atoms with Crippen molar-refractivity contribution in [3.8, 4) is 5.75 Å². The average Bonchev–Trinajstić information content (AvgIpc) is 2.35. The van der Waals surface area contributed by atoms with Crippen LogP contribution in [-0.4, -0.2) is 5.11 Å². The summed E-state index contributed by atoms with van der Waals surface area (Å²) in [6.45, 7) is 0.487. The maximum absolute atomic E-state index is 9.77. The highest BCUT2D eigenvalue weighted by Gasteiger charge is 2.05. The van der Waals surface area contributed by atoms with Crippen molar-refractivity contribution < 1.29 is 5.11 Å². The molecule has 0 aliphatic rings. The van der Waals surface area contributed by atoms with Gasteiger partial charge in [0.15, 0.2) is 0 Å². The quantitative estimate of drug-likeness (QED) is 0.812. The first-order valence-electron chi connectivity index (χ1n) is 5.23. The summed E-state index contributed by atoms with van der Waals surface area (Å²) in [5.74, 6) is 0.111. The van der Waals surface area contributed by atoms with E-state index in [2.05, 4.69) is 21.2 Å². The molecule has 2 aromatic carbocycles. The number of phenolic OH excluding ortho intramolecular Hbond substituents is 1. The molecule has 0 fully saturated rings. The number of aromatic hydroxyl groups is 1. The molecular weight excluding hydrogens is 337 g/mol. The molecule has 0 heterocycles. The molecule has 0 atom stereocenters. The SMILES string of the molecule is Oc1c(Cl)cccc1CNc1ccc(Cl)c(Br)c1. The van der Waals surface area contributed by atoms with E-state index in [-0.39, 0.29) is 5.75 Å². The number of hydrogen-bond acceptors (Lipinski definition) is 2. The molecule has 5 heteroatoms. The van der Waals surface area contributed by atoms with Gasteiger partial charge in [0.25, 0.3) is 0 Å². The van der Waals surface area contributed by atoms with Crippen molar-refractivity contribution in [3.63, 3.8) is 0 Å². The van der Waals surface area contributed by atoms with E-state index in [0.29, 0.717) is 16.6 Å². The molecular formula is C13H10BrCl2NO. The van der Waals surface area contributed by atoms with Gasteiger partial charge in [-0.25, -0.2) is 0 Å². The van der Waals surface area contributed by atoms with Gasteiger partial charge >= 0.3 is 0 Å².